The first-order valence-corrected chi connectivity index (χ1v) is 6.25. The fourth-order valence-electron chi connectivity index (χ4n) is 2.20. The van der Waals surface area contributed by atoms with Crippen LogP contribution in [0.15, 0.2) is 0 Å². The second-order valence-electron chi connectivity index (χ2n) is 4.98. The van der Waals surface area contributed by atoms with E-state index in [2.05, 4.69) is 0 Å². The summed E-state index contributed by atoms with van der Waals surface area (Å²) in [6.45, 7) is 2.33. The van der Waals surface area contributed by atoms with Gasteiger partial charge in [-0.15, -0.1) is 0 Å². The summed E-state index contributed by atoms with van der Waals surface area (Å²) in [4.78, 5) is 12.2. The van der Waals surface area contributed by atoms with E-state index < -0.39 is 11.9 Å². The predicted molar refractivity (Wildman–Crippen MR) is 64.4 cm³/mol. The molecule has 2 N–H and O–H groups in total. The van der Waals surface area contributed by atoms with Crippen molar-refractivity contribution in [3.8, 4) is 0 Å². The van der Waals surface area contributed by atoms with E-state index in [1.165, 1.54) is 0 Å². The number of carbonyl (C=O) groups is 1. The Morgan fingerprint density at radius 3 is 2.56 bits per heavy atom. The lowest BCUT2D eigenvalue weighted by Gasteiger charge is -2.40. The van der Waals surface area contributed by atoms with E-state index in [4.69, 9.17) is 10.5 Å². The summed E-state index contributed by atoms with van der Waals surface area (Å²) in [5.41, 5.74) is -0.277. The first kappa shape index (κ1) is 15.0. The van der Waals surface area contributed by atoms with Crippen molar-refractivity contribution in [1.82, 2.24) is 4.90 Å². The van der Waals surface area contributed by atoms with Crippen molar-refractivity contribution in [2.75, 3.05) is 19.6 Å². The Hall–Kier alpha value is -1.04. The fourth-order valence-corrected chi connectivity index (χ4v) is 2.20. The molecule has 18 heavy (non-hydrogen) atoms. The third-order valence-corrected chi connectivity index (χ3v) is 3.30. The molecule has 1 heterocycles. The Kier molecular flexibility index (Phi) is 5.19. The van der Waals surface area contributed by atoms with Crippen LogP contribution in [0.1, 0.15) is 32.6 Å². The second-order valence-corrected chi connectivity index (χ2v) is 4.98. The molecule has 1 atom stereocenters. The normalized spacial score (nSPS) is 20.2. The summed E-state index contributed by atoms with van der Waals surface area (Å²) in [5, 5.41) is 15.7. The summed E-state index contributed by atoms with van der Waals surface area (Å²) >= 11 is 0. The van der Waals surface area contributed by atoms with Gasteiger partial charge in [-0.1, -0.05) is 13.3 Å². The molecule has 0 aliphatic carbocycles. The van der Waals surface area contributed by atoms with Gasteiger partial charge in [-0.05, 0) is 25.2 Å². The van der Waals surface area contributed by atoms with Crippen molar-refractivity contribution in [3.63, 3.8) is 0 Å². The van der Waals surface area contributed by atoms with Gasteiger partial charge in [0.05, 0.1) is 13.1 Å². The maximum absolute atomic E-state index is 12.7. The largest absolute Gasteiger partial charge is 0.477 e. The highest BCUT2D eigenvalue weighted by molar-refractivity contribution is 6.34. The van der Waals surface area contributed by atoms with Gasteiger partial charge >= 0.3 is 5.97 Å². The van der Waals surface area contributed by atoms with Gasteiger partial charge in [0.25, 0.3) is 5.92 Å². The highest BCUT2D eigenvalue weighted by Crippen LogP contribution is 2.28. The van der Waals surface area contributed by atoms with Crippen molar-refractivity contribution in [1.29, 1.82) is 5.41 Å². The molecule has 0 aromatic heterocycles. The smallest absolute Gasteiger partial charge is 0.349 e. The van der Waals surface area contributed by atoms with E-state index in [1.54, 1.807) is 4.90 Å². The number of hydrogen-bond donors (Lipinski definition) is 2. The summed E-state index contributed by atoms with van der Waals surface area (Å²) < 4.78 is 25.3. The van der Waals surface area contributed by atoms with Crippen LogP contribution in [-0.2, 0) is 4.79 Å². The van der Waals surface area contributed by atoms with Gasteiger partial charge in [-0.25, -0.2) is 13.6 Å². The van der Waals surface area contributed by atoms with E-state index in [0.29, 0.717) is 18.9 Å². The van der Waals surface area contributed by atoms with Crippen molar-refractivity contribution in [3.05, 3.63) is 0 Å². The van der Waals surface area contributed by atoms with Crippen molar-refractivity contribution in [2.24, 2.45) is 5.92 Å². The number of alkyl halides is 2. The van der Waals surface area contributed by atoms with Crippen LogP contribution in [0, 0.1) is 11.3 Å². The minimum absolute atomic E-state index is 0.158. The number of carboxylic acids is 1. The zero-order chi connectivity index (χ0) is 13.8. The highest BCUT2D eigenvalue weighted by Gasteiger charge is 2.43. The molecule has 1 fully saturated rings. The SMILES string of the molecule is CCC(CCCC(=N)C(=O)O)CN1CC(F)(F)C1. The van der Waals surface area contributed by atoms with Gasteiger partial charge < -0.3 is 5.11 Å². The van der Waals surface area contributed by atoms with Crippen LogP contribution in [0.4, 0.5) is 8.78 Å². The summed E-state index contributed by atoms with van der Waals surface area (Å²) in [7, 11) is 0. The second kappa shape index (κ2) is 6.22. The molecule has 104 valence electrons. The quantitative estimate of drug-likeness (QED) is 0.659. The number of carboxylic acid groups (broad SMARTS) is 1. The molecule has 4 nitrogen and oxygen atoms in total. The monoisotopic (exact) mass is 262 g/mol. The Morgan fingerprint density at radius 2 is 2.11 bits per heavy atom. The van der Waals surface area contributed by atoms with Gasteiger partial charge in [0.2, 0.25) is 0 Å². The Balaban J connectivity index is 2.18. The van der Waals surface area contributed by atoms with E-state index in [0.717, 1.165) is 12.8 Å². The molecule has 0 amide bonds. The van der Waals surface area contributed by atoms with E-state index in [1.807, 2.05) is 6.92 Å². The van der Waals surface area contributed by atoms with Gasteiger partial charge in [0.15, 0.2) is 0 Å². The fraction of sp³-hybridized carbons (Fsp3) is 0.833. The standard InChI is InChI=1S/C12H20F2N2O2/c1-2-9(4-3-5-10(15)11(17)18)6-16-7-12(13,14)8-16/h9,15H,2-8H2,1H3,(H,17,18). The lowest BCUT2D eigenvalue weighted by molar-refractivity contribution is -0.134. The van der Waals surface area contributed by atoms with Crippen LogP contribution in [-0.4, -0.2) is 47.2 Å². The third kappa shape index (κ3) is 4.68. The summed E-state index contributed by atoms with van der Waals surface area (Å²) in [5.74, 6) is -3.39. The van der Waals surface area contributed by atoms with Gasteiger partial charge in [-0.2, -0.15) is 0 Å². The van der Waals surface area contributed by atoms with Crippen LogP contribution in [0.5, 0.6) is 0 Å². The van der Waals surface area contributed by atoms with Gasteiger partial charge in [-0.3, -0.25) is 10.3 Å². The average Bonchev–Trinajstić information content (AvgIpc) is 2.24. The molecule has 1 aliphatic heterocycles. The van der Waals surface area contributed by atoms with Crippen LogP contribution in [0.2, 0.25) is 0 Å². The van der Waals surface area contributed by atoms with Gasteiger partial charge in [0.1, 0.15) is 5.71 Å². The molecular weight excluding hydrogens is 242 g/mol. The molecule has 0 saturated carbocycles. The van der Waals surface area contributed by atoms with Crippen molar-refractivity contribution in [2.45, 2.75) is 38.5 Å². The van der Waals surface area contributed by atoms with Crippen molar-refractivity contribution >= 4 is 11.7 Å². The Bertz CT molecular complexity index is 313. The highest BCUT2D eigenvalue weighted by atomic mass is 19.3. The van der Waals surface area contributed by atoms with Gasteiger partial charge in [0, 0.05) is 6.54 Å². The molecular formula is C12H20F2N2O2. The third-order valence-electron chi connectivity index (χ3n) is 3.30. The average molecular weight is 262 g/mol. The zero-order valence-corrected chi connectivity index (χ0v) is 10.6. The minimum Gasteiger partial charge on any atom is -0.477 e. The lowest BCUT2D eigenvalue weighted by Crippen LogP contribution is -2.57. The van der Waals surface area contributed by atoms with E-state index >= 15 is 0 Å². The molecule has 0 aromatic rings. The summed E-state index contributed by atoms with van der Waals surface area (Å²) in [6, 6.07) is 0. The molecule has 0 radical (unpaired) electrons. The first-order valence-electron chi connectivity index (χ1n) is 6.25. The van der Waals surface area contributed by atoms with E-state index in [9.17, 15) is 13.6 Å². The Labute approximate surface area is 105 Å². The number of likely N-dealkylation sites (tertiary alicyclic amines) is 1. The predicted octanol–water partition coefficient (Wildman–Crippen LogP) is 2.24. The molecule has 0 aromatic carbocycles. The minimum atomic E-state index is -2.52. The lowest BCUT2D eigenvalue weighted by atomic mass is 9.96. The van der Waals surface area contributed by atoms with Crippen LogP contribution in [0.25, 0.3) is 0 Å². The molecule has 1 aliphatic rings. The Morgan fingerprint density at radius 1 is 1.50 bits per heavy atom. The topological polar surface area (TPSA) is 64.4 Å². The molecule has 1 rings (SSSR count). The number of rotatable bonds is 8. The first-order chi connectivity index (χ1) is 8.34. The number of nitrogens with zero attached hydrogens (tertiary/aromatic N) is 1. The molecule has 1 saturated heterocycles. The van der Waals surface area contributed by atoms with Crippen LogP contribution in [0.3, 0.4) is 0 Å². The molecule has 0 bridgehead atoms. The number of nitrogens with one attached hydrogen (secondary N) is 1. The van der Waals surface area contributed by atoms with Crippen molar-refractivity contribution < 1.29 is 18.7 Å². The maximum atomic E-state index is 12.7. The number of hydrogen-bond acceptors (Lipinski definition) is 3. The van der Waals surface area contributed by atoms with E-state index in [-0.39, 0.29) is 25.2 Å². The molecule has 0 spiro atoms. The summed E-state index contributed by atoms with van der Waals surface area (Å²) in [6.07, 6.45) is 2.56. The van der Waals surface area contributed by atoms with Crippen LogP contribution >= 0.6 is 0 Å². The molecule has 1 unspecified atom stereocenters. The number of aliphatic carboxylic acids is 1. The molecule has 6 heteroatoms. The van der Waals surface area contributed by atoms with Crippen LogP contribution < -0.4 is 0 Å². The maximum Gasteiger partial charge on any atom is 0.349 e. The zero-order valence-electron chi connectivity index (χ0n) is 10.6. The number of halogens is 2.